The summed E-state index contributed by atoms with van der Waals surface area (Å²) in [5, 5.41) is 24.9. The summed E-state index contributed by atoms with van der Waals surface area (Å²) in [7, 11) is 0. The first-order valence-corrected chi connectivity index (χ1v) is 8.59. The van der Waals surface area contributed by atoms with E-state index in [2.05, 4.69) is 18.0 Å². The highest BCUT2D eigenvalue weighted by Gasteiger charge is 2.19. The van der Waals surface area contributed by atoms with Crippen LogP contribution in [-0.4, -0.2) is 9.85 Å². The van der Waals surface area contributed by atoms with Gasteiger partial charge < -0.3 is 5.32 Å². The second-order valence-corrected chi connectivity index (χ2v) is 5.19. The van der Waals surface area contributed by atoms with Crippen LogP contribution < -0.4 is 5.32 Å². The van der Waals surface area contributed by atoms with E-state index in [9.17, 15) is 20.2 Å². The summed E-state index contributed by atoms with van der Waals surface area (Å²) in [6.07, 6.45) is 4.71. The highest BCUT2D eigenvalue weighted by atomic mass is 16.6. The molecule has 0 aliphatic rings. The minimum absolute atomic E-state index is 0.191. The van der Waals surface area contributed by atoms with Crippen LogP contribution in [0.4, 0.5) is 22.7 Å². The number of hydrogen-bond acceptors (Lipinski definition) is 5. The number of nitrogens with one attached hydrogen (secondary N) is 1. The van der Waals surface area contributed by atoms with Gasteiger partial charge in [0, 0.05) is 11.8 Å². The number of non-ortho nitro benzene ring substituents is 1. The summed E-state index contributed by atoms with van der Waals surface area (Å²) < 4.78 is 0. The molecular weight excluding hydrogens is 346 g/mol. The van der Waals surface area contributed by atoms with Crippen molar-refractivity contribution in [3.63, 3.8) is 0 Å². The smallest absolute Gasteiger partial charge is 0.299 e. The monoisotopic (exact) mass is 369 g/mol. The summed E-state index contributed by atoms with van der Waals surface area (Å²) in [5.41, 5.74) is 2.15. The Bertz CT molecular complexity index is 843. The molecule has 2 aromatic carbocycles. The largest absolute Gasteiger partial charge is 0.350 e. The lowest BCUT2D eigenvalue weighted by Gasteiger charge is -2.09. The maximum atomic E-state index is 11.2. The summed E-state index contributed by atoms with van der Waals surface area (Å²) in [6, 6.07) is 10.8. The van der Waals surface area contributed by atoms with Gasteiger partial charge in [0.2, 0.25) is 0 Å². The average molecular weight is 369 g/mol. The standard InChI is InChI=1S/C18H17N3O4.C2H6/c1-3-5-13(4-2)14-6-8-15(9-7-14)19-17-11-10-16(20(22)23)12-18(17)21(24)25;1-2/h4-12,19H,2-3H2,1H3;1-2H3/b13-5+;. The molecule has 0 amide bonds. The number of allylic oxidation sites excluding steroid dienone is 3. The van der Waals surface area contributed by atoms with E-state index in [4.69, 9.17) is 0 Å². The van der Waals surface area contributed by atoms with Gasteiger partial charge in [-0.1, -0.05) is 51.6 Å². The number of nitro benzene ring substituents is 2. The van der Waals surface area contributed by atoms with E-state index in [0.717, 1.165) is 23.6 Å². The number of anilines is 2. The van der Waals surface area contributed by atoms with Crippen LogP contribution in [0.3, 0.4) is 0 Å². The van der Waals surface area contributed by atoms with E-state index in [1.54, 1.807) is 18.2 Å². The van der Waals surface area contributed by atoms with Gasteiger partial charge in [0.15, 0.2) is 0 Å². The van der Waals surface area contributed by atoms with Gasteiger partial charge in [-0.3, -0.25) is 20.2 Å². The molecule has 0 radical (unpaired) electrons. The van der Waals surface area contributed by atoms with Gasteiger partial charge in [0.25, 0.3) is 11.4 Å². The maximum absolute atomic E-state index is 11.2. The fourth-order valence-electron chi connectivity index (χ4n) is 2.33. The molecule has 2 rings (SSSR count). The van der Waals surface area contributed by atoms with Crippen LogP contribution in [0.15, 0.2) is 61.2 Å². The first kappa shape index (κ1) is 21.6. The molecule has 0 bridgehead atoms. The second-order valence-electron chi connectivity index (χ2n) is 5.19. The van der Waals surface area contributed by atoms with Crippen LogP contribution in [0.2, 0.25) is 0 Å². The first-order chi connectivity index (χ1) is 13.0. The highest BCUT2D eigenvalue weighted by molar-refractivity contribution is 5.76. The maximum Gasteiger partial charge on any atom is 0.299 e. The van der Waals surface area contributed by atoms with Crippen LogP contribution in [0, 0.1) is 20.2 Å². The third kappa shape index (κ3) is 5.78. The fourth-order valence-corrected chi connectivity index (χ4v) is 2.33. The third-order valence-electron chi connectivity index (χ3n) is 3.53. The number of rotatable bonds is 7. The third-order valence-corrected chi connectivity index (χ3v) is 3.53. The highest BCUT2D eigenvalue weighted by Crippen LogP contribution is 2.31. The molecule has 0 fully saturated rings. The first-order valence-electron chi connectivity index (χ1n) is 8.59. The van der Waals surface area contributed by atoms with Crippen molar-refractivity contribution in [1.29, 1.82) is 0 Å². The molecular formula is C20H23N3O4. The Balaban J connectivity index is 0.00000176. The topological polar surface area (TPSA) is 98.3 Å². The Morgan fingerprint density at radius 3 is 2.19 bits per heavy atom. The predicted octanol–water partition coefficient (Wildman–Crippen LogP) is 6.25. The molecule has 0 spiro atoms. The van der Waals surface area contributed by atoms with Gasteiger partial charge in [-0.2, -0.15) is 0 Å². The molecule has 2 aromatic rings. The molecule has 0 heterocycles. The van der Waals surface area contributed by atoms with Gasteiger partial charge in [0.05, 0.1) is 15.9 Å². The molecule has 7 nitrogen and oxygen atoms in total. The van der Waals surface area contributed by atoms with Crippen molar-refractivity contribution >= 4 is 28.3 Å². The Morgan fingerprint density at radius 2 is 1.70 bits per heavy atom. The second kappa shape index (κ2) is 10.5. The van der Waals surface area contributed by atoms with Crippen molar-refractivity contribution in [3.05, 3.63) is 87.0 Å². The lowest BCUT2D eigenvalue weighted by atomic mass is 10.0. The molecule has 1 N–H and O–H groups in total. The van der Waals surface area contributed by atoms with E-state index in [1.807, 2.05) is 32.9 Å². The van der Waals surface area contributed by atoms with E-state index in [-0.39, 0.29) is 17.1 Å². The van der Waals surface area contributed by atoms with Crippen molar-refractivity contribution in [3.8, 4) is 0 Å². The summed E-state index contributed by atoms with van der Waals surface area (Å²) in [6.45, 7) is 9.82. The van der Waals surface area contributed by atoms with E-state index in [0.29, 0.717) is 5.69 Å². The van der Waals surface area contributed by atoms with E-state index >= 15 is 0 Å². The van der Waals surface area contributed by atoms with Crippen LogP contribution in [0.5, 0.6) is 0 Å². The van der Waals surface area contributed by atoms with Crippen LogP contribution >= 0.6 is 0 Å². The van der Waals surface area contributed by atoms with E-state index in [1.165, 1.54) is 12.1 Å². The quantitative estimate of drug-likeness (QED) is 0.353. The molecule has 142 valence electrons. The lowest BCUT2D eigenvalue weighted by Crippen LogP contribution is -1.99. The minimum atomic E-state index is -0.664. The molecule has 0 aliphatic heterocycles. The molecule has 0 saturated carbocycles. The summed E-state index contributed by atoms with van der Waals surface area (Å²) in [5.74, 6) is 0. The zero-order valence-corrected chi connectivity index (χ0v) is 15.6. The number of benzene rings is 2. The van der Waals surface area contributed by atoms with E-state index < -0.39 is 9.85 Å². The minimum Gasteiger partial charge on any atom is -0.350 e. The molecule has 0 saturated heterocycles. The molecule has 0 aromatic heterocycles. The predicted molar refractivity (Wildman–Crippen MR) is 109 cm³/mol. The molecule has 0 atom stereocenters. The Labute approximate surface area is 158 Å². The Morgan fingerprint density at radius 1 is 1.07 bits per heavy atom. The van der Waals surface area contributed by atoms with Gasteiger partial charge in [-0.05, 0) is 35.8 Å². The molecule has 0 unspecified atom stereocenters. The lowest BCUT2D eigenvalue weighted by molar-refractivity contribution is -0.393. The van der Waals surface area contributed by atoms with Crippen molar-refractivity contribution in [2.75, 3.05) is 5.32 Å². The summed E-state index contributed by atoms with van der Waals surface area (Å²) in [4.78, 5) is 20.6. The zero-order valence-electron chi connectivity index (χ0n) is 15.6. The molecule has 7 heteroatoms. The van der Waals surface area contributed by atoms with Crippen molar-refractivity contribution in [2.24, 2.45) is 0 Å². The number of hydrogen-bond donors (Lipinski definition) is 1. The number of nitro groups is 2. The van der Waals surface area contributed by atoms with Gasteiger partial charge >= 0.3 is 0 Å². The molecule has 27 heavy (non-hydrogen) atoms. The van der Waals surface area contributed by atoms with Crippen LogP contribution in [-0.2, 0) is 0 Å². The van der Waals surface area contributed by atoms with Crippen LogP contribution in [0.25, 0.3) is 5.57 Å². The zero-order chi connectivity index (χ0) is 20.4. The SMILES string of the molecule is C=C/C(=C\CC)c1ccc(Nc2ccc([N+](=O)[O-])cc2[N+](=O)[O-])cc1.CC. The Kier molecular flexibility index (Phi) is 8.38. The van der Waals surface area contributed by atoms with Crippen LogP contribution in [0.1, 0.15) is 32.8 Å². The normalized spacial score (nSPS) is 10.4. The number of nitrogens with zero attached hydrogens (tertiary/aromatic N) is 2. The van der Waals surface area contributed by atoms with Gasteiger partial charge in [0.1, 0.15) is 5.69 Å². The fraction of sp³-hybridized carbons (Fsp3) is 0.200. The average Bonchev–Trinajstić information content (AvgIpc) is 2.68. The van der Waals surface area contributed by atoms with Gasteiger partial charge in [-0.15, -0.1) is 0 Å². The van der Waals surface area contributed by atoms with Crippen molar-refractivity contribution in [1.82, 2.24) is 0 Å². The van der Waals surface area contributed by atoms with Crippen molar-refractivity contribution in [2.45, 2.75) is 27.2 Å². The Hall–Kier alpha value is -3.48. The molecule has 0 aliphatic carbocycles. The van der Waals surface area contributed by atoms with Gasteiger partial charge in [-0.25, -0.2) is 0 Å². The summed E-state index contributed by atoms with van der Waals surface area (Å²) >= 11 is 0. The van der Waals surface area contributed by atoms with Crippen molar-refractivity contribution < 1.29 is 9.85 Å².